The minimum Gasteiger partial charge on any atom is -0.372 e. The molecule has 0 spiro atoms. The van der Waals surface area contributed by atoms with Crippen molar-refractivity contribution in [3.05, 3.63) is 29.3 Å². The lowest BCUT2D eigenvalue weighted by Crippen LogP contribution is -2.45. The van der Waals surface area contributed by atoms with E-state index in [0.29, 0.717) is 6.54 Å². The normalized spacial score (nSPS) is 17.5. The Morgan fingerprint density at radius 3 is 2.69 bits per heavy atom. The van der Waals surface area contributed by atoms with Crippen LogP contribution in [-0.2, 0) is 22.4 Å². The van der Waals surface area contributed by atoms with Gasteiger partial charge in [0.15, 0.2) is 0 Å². The molecule has 1 aromatic carbocycles. The molecule has 3 rings (SSSR count). The van der Waals surface area contributed by atoms with Gasteiger partial charge in [-0.15, -0.1) is 0 Å². The quantitative estimate of drug-likeness (QED) is 0.796. The number of carbonyl (C=O) groups is 2. The number of nitrogens with one attached hydrogen (secondary N) is 2. The van der Waals surface area contributed by atoms with E-state index in [2.05, 4.69) is 40.7 Å². The van der Waals surface area contributed by atoms with Crippen LogP contribution in [0.15, 0.2) is 18.2 Å². The van der Waals surface area contributed by atoms with Crippen molar-refractivity contribution in [1.82, 2.24) is 10.6 Å². The molecule has 142 valence electrons. The van der Waals surface area contributed by atoms with Gasteiger partial charge in [-0.25, -0.2) is 0 Å². The fourth-order valence-corrected chi connectivity index (χ4v) is 4.11. The van der Waals surface area contributed by atoms with Crippen LogP contribution in [0.3, 0.4) is 0 Å². The van der Waals surface area contributed by atoms with E-state index in [0.717, 1.165) is 51.6 Å². The molecule has 1 aliphatic heterocycles. The van der Waals surface area contributed by atoms with E-state index >= 15 is 0 Å². The third kappa shape index (κ3) is 4.77. The molecule has 1 heterocycles. The van der Waals surface area contributed by atoms with Crippen LogP contribution >= 0.6 is 0 Å². The van der Waals surface area contributed by atoms with E-state index < -0.39 is 11.8 Å². The zero-order valence-electron chi connectivity index (χ0n) is 15.9. The molecule has 1 saturated carbocycles. The van der Waals surface area contributed by atoms with Crippen LogP contribution < -0.4 is 15.5 Å². The maximum atomic E-state index is 12.0. The third-order valence-electron chi connectivity index (χ3n) is 5.59. The molecule has 1 fully saturated rings. The van der Waals surface area contributed by atoms with Crippen molar-refractivity contribution in [2.75, 3.05) is 24.5 Å². The summed E-state index contributed by atoms with van der Waals surface area (Å²) in [6, 6.07) is 6.77. The molecular formula is C21H31N3O2. The number of anilines is 1. The summed E-state index contributed by atoms with van der Waals surface area (Å²) in [6.45, 7) is 4.86. The summed E-state index contributed by atoms with van der Waals surface area (Å²) in [5.74, 6) is -0.994. The van der Waals surface area contributed by atoms with Crippen molar-refractivity contribution in [2.24, 2.45) is 0 Å². The number of carbonyl (C=O) groups excluding carboxylic acids is 2. The van der Waals surface area contributed by atoms with E-state index in [1.807, 2.05) is 0 Å². The molecule has 2 aliphatic rings. The molecule has 5 nitrogen and oxygen atoms in total. The molecule has 5 heteroatoms. The molecule has 0 bridgehead atoms. The standard InChI is InChI=1S/C21H31N3O2/c1-2-24-14-6-7-17-15-16(10-11-19(17)24)12-13-22-20(25)21(26)23-18-8-4-3-5-9-18/h10-11,15,18H,2-9,12-14H2,1H3,(H,22,25)(H,23,26). The summed E-state index contributed by atoms with van der Waals surface area (Å²) in [4.78, 5) is 26.4. The lowest BCUT2D eigenvalue weighted by molar-refractivity contribution is -0.139. The van der Waals surface area contributed by atoms with E-state index in [1.165, 1.54) is 29.7 Å². The molecule has 0 unspecified atom stereocenters. The summed E-state index contributed by atoms with van der Waals surface area (Å²) < 4.78 is 0. The Kier molecular flexibility index (Phi) is 6.53. The van der Waals surface area contributed by atoms with Crippen LogP contribution in [0.5, 0.6) is 0 Å². The highest BCUT2D eigenvalue weighted by Crippen LogP contribution is 2.27. The summed E-state index contributed by atoms with van der Waals surface area (Å²) in [7, 11) is 0. The maximum absolute atomic E-state index is 12.0. The first kappa shape index (κ1) is 18.7. The Labute approximate surface area is 156 Å². The lowest BCUT2D eigenvalue weighted by Gasteiger charge is -2.30. The zero-order chi connectivity index (χ0) is 18.4. The van der Waals surface area contributed by atoms with E-state index in [4.69, 9.17) is 0 Å². The van der Waals surface area contributed by atoms with Gasteiger partial charge in [0.1, 0.15) is 0 Å². The van der Waals surface area contributed by atoms with Crippen LogP contribution in [0.25, 0.3) is 0 Å². The Hall–Kier alpha value is -2.04. The highest BCUT2D eigenvalue weighted by atomic mass is 16.2. The number of nitrogens with zero attached hydrogens (tertiary/aromatic N) is 1. The number of aryl methyl sites for hydroxylation is 1. The fourth-order valence-electron chi connectivity index (χ4n) is 4.11. The van der Waals surface area contributed by atoms with Gasteiger partial charge in [0.25, 0.3) is 0 Å². The van der Waals surface area contributed by atoms with Gasteiger partial charge in [0.05, 0.1) is 0 Å². The average Bonchev–Trinajstić information content (AvgIpc) is 2.68. The van der Waals surface area contributed by atoms with Crippen molar-refractivity contribution >= 4 is 17.5 Å². The summed E-state index contributed by atoms with van der Waals surface area (Å²) >= 11 is 0. The summed E-state index contributed by atoms with van der Waals surface area (Å²) in [5.41, 5.74) is 3.96. The SMILES string of the molecule is CCN1CCCc2cc(CCNC(=O)C(=O)NC3CCCCC3)ccc21. The lowest BCUT2D eigenvalue weighted by atomic mass is 9.95. The Morgan fingerprint density at radius 1 is 1.12 bits per heavy atom. The first-order chi connectivity index (χ1) is 12.7. The molecule has 2 N–H and O–H groups in total. The molecular weight excluding hydrogens is 326 g/mol. The van der Waals surface area contributed by atoms with Crippen LogP contribution in [0.1, 0.15) is 56.6 Å². The van der Waals surface area contributed by atoms with E-state index in [1.54, 1.807) is 0 Å². The largest absolute Gasteiger partial charge is 0.372 e. The van der Waals surface area contributed by atoms with Crippen molar-refractivity contribution in [3.8, 4) is 0 Å². The molecule has 0 radical (unpaired) electrons. The molecule has 0 saturated heterocycles. The minimum absolute atomic E-state index is 0.171. The predicted molar refractivity (Wildman–Crippen MR) is 104 cm³/mol. The second-order valence-corrected chi connectivity index (χ2v) is 7.46. The fraction of sp³-hybridized carbons (Fsp3) is 0.619. The van der Waals surface area contributed by atoms with Crippen molar-refractivity contribution < 1.29 is 9.59 Å². The van der Waals surface area contributed by atoms with Crippen molar-refractivity contribution in [3.63, 3.8) is 0 Å². The monoisotopic (exact) mass is 357 g/mol. The van der Waals surface area contributed by atoms with Crippen LogP contribution in [0.2, 0.25) is 0 Å². The number of amides is 2. The molecule has 1 aromatic rings. The van der Waals surface area contributed by atoms with Gasteiger partial charge in [0.2, 0.25) is 0 Å². The molecule has 26 heavy (non-hydrogen) atoms. The number of benzene rings is 1. The average molecular weight is 357 g/mol. The molecule has 0 atom stereocenters. The van der Waals surface area contributed by atoms with Gasteiger partial charge in [-0.3, -0.25) is 9.59 Å². The minimum atomic E-state index is -0.509. The number of hydrogen-bond donors (Lipinski definition) is 2. The highest BCUT2D eigenvalue weighted by molar-refractivity contribution is 6.35. The van der Waals surface area contributed by atoms with Gasteiger partial charge in [-0.2, -0.15) is 0 Å². The number of fused-ring (bicyclic) bond motifs is 1. The maximum Gasteiger partial charge on any atom is 0.309 e. The molecule has 2 amide bonds. The number of rotatable bonds is 5. The predicted octanol–water partition coefficient (Wildman–Crippen LogP) is 2.57. The Morgan fingerprint density at radius 2 is 1.92 bits per heavy atom. The number of hydrogen-bond acceptors (Lipinski definition) is 3. The first-order valence-corrected chi connectivity index (χ1v) is 10.1. The van der Waals surface area contributed by atoms with Gasteiger partial charge in [0, 0.05) is 31.4 Å². The molecule has 1 aliphatic carbocycles. The Balaban J connectivity index is 1.45. The summed E-state index contributed by atoms with van der Waals surface area (Å²) in [5, 5.41) is 5.62. The highest BCUT2D eigenvalue weighted by Gasteiger charge is 2.20. The second-order valence-electron chi connectivity index (χ2n) is 7.46. The van der Waals surface area contributed by atoms with Crippen molar-refractivity contribution in [2.45, 2.75) is 64.3 Å². The van der Waals surface area contributed by atoms with Crippen LogP contribution in [-0.4, -0.2) is 37.5 Å². The first-order valence-electron chi connectivity index (χ1n) is 10.1. The van der Waals surface area contributed by atoms with Gasteiger partial charge in [-0.1, -0.05) is 31.4 Å². The summed E-state index contributed by atoms with van der Waals surface area (Å²) in [6.07, 6.45) is 8.56. The van der Waals surface area contributed by atoms with Gasteiger partial charge < -0.3 is 15.5 Å². The molecule has 0 aromatic heterocycles. The smallest absolute Gasteiger partial charge is 0.309 e. The Bertz CT molecular complexity index is 638. The van der Waals surface area contributed by atoms with E-state index in [9.17, 15) is 9.59 Å². The van der Waals surface area contributed by atoms with Crippen LogP contribution in [0.4, 0.5) is 5.69 Å². The van der Waals surface area contributed by atoms with Gasteiger partial charge in [-0.05, 0) is 56.2 Å². The van der Waals surface area contributed by atoms with Crippen molar-refractivity contribution in [1.29, 1.82) is 0 Å². The zero-order valence-corrected chi connectivity index (χ0v) is 15.9. The van der Waals surface area contributed by atoms with E-state index in [-0.39, 0.29) is 6.04 Å². The topological polar surface area (TPSA) is 61.4 Å². The van der Waals surface area contributed by atoms with Gasteiger partial charge >= 0.3 is 11.8 Å². The second kappa shape index (κ2) is 9.06. The van der Waals surface area contributed by atoms with Crippen LogP contribution in [0, 0.1) is 0 Å². The third-order valence-corrected chi connectivity index (χ3v) is 5.59.